The summed E-state index contributed by atoms with van der Waals surface area (Å²) in [7, 11) is -3.85. The molecule has 1 saturated heterocycles. The molecule has 1 fully saturated rings. The maximum absolute atomic E-state index is 13.9. The van der Waals surface area contributed by atoms with Gasteiger partial charge in [-0.2, -0.15) is 4.31 Å². The minimum absolute atomic E-state index is 0.00340. The Morgan fingerprint density at radius 1 is 1.09 bits per heavy atom. The molecule has 1 aromatic heterocycles. The summed E-state index contributed by atoms with van der Waals surface area (Å²) >= 11 is 0. The van der Waals surface area contributed by atoms with Crippen LogP contribution in [0.4, 0.5) is 0 Å². The van der Waals surface area contributed by atoms with E-state index in [1.807, 2.05) is 57.2 Å². The standard InChI is InChI=1S/C26H32N2O4S/c1-5-20-8-9-24-21(13-20)14-22(26(29)27-24)15-28(16-23-7-6-10-32-23)33(30,31)25-18(3)11-17(2)12-19(25)4/h8-9,11-14,23H,5-7,10,15-16H2,1-4H3,(H,27,29)/t23-/m0/s1. The van der Waals surface area contributed by atoms with E-state index in [1.54, 1.807) is 0 Å². The zero-order chi connectivity index (χ0) is 23.8. The number of hydrogen-bond acceptors (Lipinski definition) is 4. The Hall–Kier alpha value is -2.48. The maximum atomic E-state index is 13.9. The van der Waals surface area contributed by atoms with Crippen molar-refractivity contribution < 1.29 is 13.2 Å². The van der Waals surface area contributed by atoms with Crippen molar-refractivity contribution in [3.63, 3.8) is 0 Å². The smallest absolute Gasteiger partial charge is 0.252 e. The number of benzene rings is 2. The SMILES string of the molecule is CCc1ccc2[nH]c(=O)c(CN(C[C@@H]3CCCO3)S(=O)(=O)c3c(C)cc(C)cc3C)cc2c1. The topological polar surface area (TPSA) is 79.5 Å². The fraction of sp³-hybridized carbons (Fsp3) is 0.423. The molecule has 0 unspecified atom stereocenters. The molecule has 0 aliphatic carbocycles. The van der Waals surface area contributed by atoms with E-state index in [4.69, 9.17) is 4.74 Å². The predicted octanol–water partition coefficient (Wildman–Crippen LogP) is 4.39. The molecular formula is C26H32N2O4S. The van der Waals surface area contributed by atoms with E-state index >= 15 is 0 Å². The van der Waals surface area contributed by atoms with Crippen LogP contribution in [0, 0.1) is 20.8 Å². The molecule has 2 heterocycles. The van der Waals surface area contributed by atoms with E-state index in [9.17, 15) is 13.2 Å². The molecule has 1 N–H and O–H groups in total. The highest BCUT2D eigenvalue weighted by atomic mass is 32.2. The Balaban J connectivity index is 1.78. The molecule has 7 heteroatoms. The number of sulfonamides is 1. The molecule has 3 aromatic rings. The lowest BCUT2D eigenvalue weighted by Gasteiger charge is -2.26. The van der Waals surface area contributed by atoms with Crippen LogP contribution >= 0.6 is 0 Å². The number of aryl methyl sites for hydroxylation is 4. The monoisotopic (exact) mass is 468 g/mol. The first-order chi connectivity index (χ1) is 15.7. The molecule has 4 rings (SSSR count). The van der Waals surface area contributed by atoms with Crippen LogP contribution < -0.4 is 5.56 Å². The van der Waals surface area contributed by atoms with Gasteiger partial charge in [-0.05, 0) is 80.3 Å². The van der Waals surface area contributed by atoms with Crippen molar-refractivity contribution in [1.29, 1.82) is 0 Å². The molecule has 1 aliphatic rings. The zero-order valence-corrected chi connectivity index (χ0v) is 20.6. The van der Waals surface area contributed by atoms with Gasteiger partial charge in [0.05, 0.1) is 11.0 Å². The first-order valence-corrected chi connectivity index (χ1v) is 13.0. The Morgan fingerprint density at radius 2 is 1.82 bits per heavy atom. The van der Waals surface area contributed by atoms with Gasteiger partial charge in [0, 0.05) is 30.8 Å². The van der Waals surface area contributed by atoms with Gasteiger partial charge >= 0.3 is 0 Å². The first-order valence-electron chi connectivity index (χ1n) is 11.5. The number of pyridine rings is 1. The molecular weight excluding hydrogens is 436 g/mol. The molecule has 1 aliphatic heterocycles. The molecule has 1 atom stereocenters. The highest BCUT2D eigenvalue weighted by Crippen LogP contribution is 2.28. The quantitative estimate of drug-likeness (QED) is 0.558. The minimum Gasteiger partial charge on any atom is -0.377 e. The predicted molar refractivity (Wildman–Crippen MR) is 131 cm³/mol. The largest absolute Gasteiger partial charge is 0.377 e. The summed E-state index contributed by atoms with van der Waals surface area (Å²) in [6.45, 7) is 8.55. The van der Waals surface area contributed by atoms with Crippen molar-refractivity contribution in [3.8, 4) is 0 Å². The molecule has 0 bridgehead atoms. The van der Waals surface area contributed by atoms with Crippen LogP contribution in [-0.4, -0.2) is 37.0 Å². The fourth-order valence-electron chi connectivity index (χ4n) is 4.79. The van der Waals surface area contributed by atoms with Crippen LogP contribution in [0.1, 0.15) is 47.6 Å². The van der Waals surface area contributed by atoms with Gasteiger partial charge in [-0.1, -0.05) is 30.7 Å². The minimum atomic E-state index is -3.85. The second-order valence-corrected chi connectivity index (χ2v) is 10.9. The lowest BCUT2D eigenvalue weighted by molar-refractivity contribution is 0.0925. The summed E-state index contributed by atoms with van der Waals surface area (Å²) in [6, 6.07) is 11.5. The second kappa shape index (κ2) is 9.41. The Morgan fingerprint density at radius 3 is 2.45 bits per heavy atom. The molecule has 176 valence electrons. The first kappa shape index (κ1) is 23.7. The number of rotatable bonds is 7. The fourth-order valence-corrected chi connectivity index (χ4v) is 6.66. The number of nitrogens with zero attached hydrogens (tertiary/aromatic N) is 1. The van der Waals surface area contributed by atoms with Gasteiger partial charge in [0.1, 0.15) is 0 Å². The Kier molecular flexibility index (Phi) is 6.75. The van der Waals surface area contributed by atoms with Crippen LogP contribution in [0.25, 0.3) is 10.9 Å². The lowest BCUT2D eigenvalue weighted by atomic mass is 10.1. The third-order valence-corrected chi connectivity index (χ3v) is 8.49. The average molecular weight is 469 g/mol. The van der Waals surface area contributed by atoms with E-state index in [-0.39, 0.29) is 24.8 Å². The number of hydrogen-bond donors (Lipinski definition) is 1. The van der Waals surface area contributed by atoms with E-state index in [0.717, 1.165) is 41.3 Å². The van der Waals surface area contributed by atoms with Crippen molar-refractivity contribution in [1.82, 2.24) is 9.29 Å². The maximum Gasteiger partial charge on any atom is 0.252 e. The summed E-state index contributed by atoms with van der Waals surface area (Å²) in [5.41, 5.74) is 4.52. The molecule has 2 aromatic carbocycles. The highest BCUT2D eigenvalue weighted by molar-refractivity contribution is 7.89. The number of aromatic nitrogens is 1. The molecule has 0 saturated carbocycles. The van der Waals surface area contributed by atoms with Crippen molar-refractivity contribution in [2.24, 2.45) is 0 Å². The van der Waals surface area contributed by atoms with Gasteiger partial charge in [0.2, 0.25) is 10.0 Å². The Labute approximate surface area is 195 Å². The summed E-state index contributed by atoms with van der Waals surface area (Å²) in [4.78, 5) is 16.1. The van der Waals surface area contributed by atoms with Crippen molar-refractivity contribution >= 4 is 20.9 Å². The molecule has 0 spiro atoms. The Bertz CT molecular complexity index is 1320. The summed E-state index contributed by atoms with van der Waals surface area (Å²) in [5.74, 6) is 0. The summed E-state index contributed by atoms with van der Waals surface area (Å²) in [6.07, 6.45) is 2.44. The van der Waals surface area contributed by atoms with Crippen LogP contribution in [0.5, 0.6) is 0 Å². The van der Waals surface area contributed by atoms with E-state index < -0.39 is 10.0 Å². The van der Waals surface area contributed by atoms with Gasteiger partial charge in [-0.3, -0.25) is 4.79 Å². The molecule has 0 radical (unpaired) electrons. The van der Waals surface area contributed by atoms with E-state index in [1.165, 1.54) is 4.31 Å². The summed E-state index contributed by atoms with van der Waals surface area (Å²) in [5, 5.41) is 0.904. The van der Waals surface area contributed by atoms with Crippen molar-refractivity contribution in [2.75, 3.05) is 13.2 Å². The zero-order valence-electron chi connectivity index (χ0n) is 19.8. The normalized spacial score (nSPS) is 16.7. The van der Waals surface area contributed by atoms with Crippen LogP contribution in [0.15, 0.2) is 46.1 Å². The third kappa shape index (κ3) is 4.90. The van der Waals surface area contributed by atoms with Crippen molar-refractivity contribution in [3.05, 3.63) is 74.6 Å². The van der Waals surface area contributed by atoms with Crippen LogP contribution in [0.2, 0.25) is 0 Å². The van der Waals surface area contributed by atoms with Crippen LogP contribution in [0.3, 0.4) is 0 Å². The lowest BCUT2D eigenvalue weighted by Crippen LogP contribution is -2.38. The second-order valence-electron chi connectivity index (χ2n) is 9.06. The van der Waals surface area contributed by atoms with E-state index in [0.29, 0.717) is 28.2 Å². The summed E-state index contributed by atoms with van der Waals surface area (Å²) < 4.78 is 35.0. The van der Waals surface area contributed by atoms with Crippen molar-refractivity contribution in [2.45, 2.75) is 64.5 Å². The van der Waals surface area contributed by atoms with Gasteiger partial charge < -0.3 is 9.72 Å². The number of fused-ring (bicyclic) bond motifs is 1. The number of aromatic amines is 1. The molecule has 6 nitrogen and oxygen atoms in total. The van der Waals surface area contributed by atoms with Gasteiger partial charge in [0.25, 0.3) is 5.56 Å². The van der Waals surface area contributed by atoms with Gasteiger partial charge in [-0.15, -0.1) is 0 Å². The number of H-pyrrole nitrogens is 1. The molecule has 0 amide bonds. The van der Waals surface area contributed by atoms with Crippen LogP contribution in [-0.2, 0) is 27.7 Å². The van der Waals surface area contributed by atoms with Gasteiger partial charge in [0.15, 0.2) is 0 Å². The highest BCUT2D eigenvalue weighted by Gasteiger charge is 2.32. The number of ether oxygens (including phenoxy) is 1. The number of nitrogens with one attached hydrogen (secondary N) is 1. The van der Waals surface area contributed by atoms with E-state index in [2.05, 4.69) is 11.9 Å². The molecule has 33 heavy (non-hydrogen) atoms. The third-order valence-electron chi connectivity index (χ3n) is 6.37. The van der Waals surface area contributed by atoms with Gasteiger partial charge in [-0.25, -0.2) is 8.42 Å². The average Bonchev–Trinajstić information content (AvgIpc) is 3.25.